The minimum Gasteiger partial charge on any atom is -0.497 e. The number of esters is 1. The van der Waals surface area contributed by atoms with Gasteiger partial charge in [-0.15, -0.1) is 0 Å². The number of halogens is 1. The normalized spacial score (nSPS) is 12.1. The average Bonchev–Trinajstić information content (AvgIpc) is 2.35. The molecule has 1 N–H and O–H groups in total. The van der Waals surface area contributed by atoms with Crippen molar-refractivity contribution in [3.05, 3.63) is 24.0 Å². The van der Waals surface area contributed by atoms with Gasteiger partial charge >= 0.3 is 5.97 Å². The molecule has 0 aliphatic heterocycles. The minimum atomic E-state index is -0.585. The SMILES string of the molecule is COC(=O)C(Nc1ccc(OC)cc1F)C(C)C. The maximum atomic E-state index is 13.7. The van der Waals surface area contributed by atoms with Crippen LogP contribution >= 0.6 is 0 Å². The highest BCUT2D eigenvalue weighted by molar-refractivity contribution is 5.79. The molecule has 0 heterocycles. The molecule has 1 unspecified atom stereocenters. The number of benzene rings is 1. The molecule has 0 fully saturated rings. The molecule has 0 spiro atoms. The van der Waals surface area contributed by atoms with Crippen LogP contribution in [0.5, 0.6) is 5.75 Å². The highest BCUT2D eigenvalue weighted by Crippen LogP contribution is 2.22. The van der Waals surface area contributed by atoms with E-state index in [2.05, 4.69) is 10.1 Å². The number of methoxy groups -OCH3 is 2. The van der Waals surface area contributed by atoms with Crippen molar-refractivity contribution in [3.63, 3.8) is 0 Å². The average molecular weight is 255 g/mol. The molecule has 1 rings (SSSR count). The predicted octanol–water partition coefficient (Wildman–Crippen LogP) is 2.44. The van der Waals surface area contributed by atoms with Gasteiger partial charge in [-0.1, -0.05) is 13.8 Å². The number of carbonyl (C=O) groups is 1. The first-order valence-corrected chi connectivity index (χ1v) is 5.67. The van der Waals surface area contributed by atoms with Crippen LogP contribution in [0.4, 0.5) is 10.1 Å². The standard InChI is InChI=1S/C13H18FNO3/c1-8(2)12(13(16)18-4)15-11-6-5-9(17-3)7-10(11)14/h5-8,12,15H,1-4H3. The van der Waals surface area contributed by atoms with Gasteiger partial charge in [-0.2, -0.15) is 0 Å². The predicted molar refractivity (Wildman–Crippen MR) is 67.2 cm³/mol. The Hall–Kier alpha value is -1.78. The number of anilines is 1. The lowest BCUT2D eigenvalue weighted by atomic mass is 10.0. The van der Waals surface area contributed by atoms with E-state index in [4.69, 9.17) is 4.74 Å². The molecule has 0 aromatic heterocycles. The van der Waals surface area contributed by atoms with E-state index in [-0.39, 0.29) is 11.6 Å². The number of nitrogens with one attached hydrogen (secondary N) is 1. The van der Waals surface area contributed by atoms with Gasteiger partial charge in [0.2, 0.25) is 0 Å². The fourth-order valence-corrected chi connectivity index (χ4v) is 1.53. The van der Waals surface area contributed by atoms with Crippen molar-refractivity contribution in [1.29, 1.82) is 0 Å². The Bertz CT molecular complexity index is 421. The summed E-state index contributed by atoms with van der Waals surface area (Å²) in [6, 6.07) is 3.83. The van der Waals surface area contributed by atoms with Crippen LogP contribution in [0.15, 0.2) is 18.2 Å². The maximum Gasteiger partial charge on any atom is 0.328 e. The van der Waals surface area contributed by atoms with Crippen molar-refractivity contribution < 1.29 is 18.7 Å². The Balaban J connectivity index is 2.90. The Morgan fingerprint density at radius 3 is 2.44 bits per heavy atom. The summed E-state index contributed by atoms with van der Waals surface area (Å²) in [5.74, 6) is -0.472. The largest absolute Gasteiger partial charge is 0.497 e. The van der Waals surface area contributed by atoms with Crippen LogP contribution in [0.2, 0.25) is 0 Å². The lowest BCUT2D eigenvalue weighted by Gasteiger charge is -2.21. The van der Waals surface area contributed by atoms with Crippen molar-refractivity contribution in [1.82, 2.24) is 0 Å². The minimum absolute atomic E-state index is 0.0149. The van der Waals surface area contributed by atoms with E-state index in [1.807, 2.05) is 13.8 Å². The van der Waals surface area contributed by atoms with Gasteiger partial charge in [0.15, 0.2) is 0 Å². The van der Waals surface area contributed by atoms with Crippen molar-refractivity contribution in [2.45, 2.75) is 19.9 Å². The summed E-state index contributed by atoms with van der Waals surface area (Å²) in [5, 5.41) is 2.84. The summed E-state index contributed by atoms with van der Waals surface area (Å²) < 4.78 is 23.3. The van der Waals surface area contributed by atoms with Crippen LogP contribution < -0.4 is 10.1 Å². The Kier molecular flexibility index (Phi) is 4.95. The maximum absolute atomic E-state index is 13.7. The molecule has 0 amide bonds. The van der Waals surface area contributed by atoms with Gasteiger partial charge in [0.25, 0.3) is 0 Å². The smallest absolute Gasteiger partial charge is 0.328 e. The van der Waals surface area contributed by atoms with E-state index in [1.165, 1.54) is 26.4 Å². The summed E-state index contributed by atoms with van der Waals surface area (Å²) in [6.45, 7) is 3.71. The summed E-state index contributed by atoms with van der Waals surface area (Å²) in [5.41, 5.74) is 0.250. The highest BCUT2D eigenvalue weighted by Gasteiger charge is 2.23. The lowest BCUT2D eigenvalue weighted by Crippen LogP contribution is -2.35. The van der Waals surface area contributed by atoms with E-state index in [9.17, 15) is 9.18 Å². The molecule has 0 bridgehead atoms. The van der Waals surface area contributed by atoms with E-state index in [1.54, 1.807) is 6.07 Å². The first-order chi connectivity index (χ1) is 8.49. The third-order valence-electron chi connectivity index (χ3n) is 2.61. The number of carbonyl (C=O) groups excluding carboxylic acids is 1. The fraction of sp³-hybridized carbons (Fsp3) is 0.462. The summed E-state index contributed by atoms with van der Waals surface area (Å²) in [7, 11) is 2.77. The van der Waals surface area contributed by atoms with Crippen LogP contribution in [-0.2, 0) is 9.53 Å². The fourth-order valence-electron chi connectivity index (χ4n) is 1.53. The Morgan fingerprint density at radius 2 is 2.00 bits per heavy atom. The van der Waals surface area contributed by atoms with Gasteiger partial charge in [0.05, 0.1) is 19.9 Å². The molecule has 0 aliphatic rings. The molecule has 100 valence electrons. The summed E-state index contributed by atoms with van der Waals surface area (Å²) >= 11 is 0. The second-order valence-corrected chi connectivity index (χ2v) is 4.23. The molecule has 0 saturated heterocycles. The van der Waals surface area contributed by atoms with Gasteiger partial charge in [-0.05, 0) is 18.1 Å². The van der Waals surface area contributed by atoms with Crippen LogP contribution in [-0.4, -0.2) is 26.2 Å². The Labute approximate surface area is 106 Å². The third kappa shape index (κ3) is 3.35. The number of ether oxygens (including phenoxy) is 2. The van der Waals surface area contributed by atoms with Crippen molar-refractivity contribution >= 4 is 11.7 Å². The van der Waals surface area contributed by atoms with E-state index >= 15 is 0 Å². The zero-order chi connectivity index (χ0) is 13.7. The first kappa shape index (κ1) is 14.3. The topological polar surface area (TPSA) is 47.6 Å². The Morgan fingerprint density at radius 1 is 1.33 bits per heavy atom. The monoisotopic (exact) mass is 255 g/mol. The van der Waals surface area contributed by atoms with Gasteiger partial charge in [-0.3, -0.25) is 0 Å². The van der Waals surface area contributed by atoms with E-state index in [0.29, 0.717) is 5.75 Å². The quantitative estimate of drug-likeness (QED) is 0.821. The molecule has 0 aliphatic carbocycles. The molecule has 5 heteroatoms. The summed E-state index contributed by atoms with van der Waals surface area (Å²) in [6.07, 6.45) is 0. The van der Waals surface area contributed by atoms with Crippen LogP contribution in [0.1, 0.15) is 13.8 Å². The molecule has 1 aromatic rings. The van der Waals surface area contributed by atoms with Gasteiger partial charge < -0.3 is 14.8 Å². The molecule has 0 radical (unpaired) electrons. The van der Waals surface area contributed by atoms with Crippen molar-refractivity contribution in [2.24, 2.45) is 5.92 Å². The van der Waals surface area contributed by atoms with Crippen LogP contribution in [0.3, 0.4) is 0 Å². The first-order valence-electron chi connectivity index (χ1n) is 5.67. The van der Waals surface area contributed by atoms with E-state index < -0.39 is 17.8 Å². The van der Waals surface area contributed by atoms with Crippen molar-refractivity contribution in [3.8, 4) is 5.75 Å². The third-order valence-corrected chi connectivity index (χ3v) is 2.61. The van der Waals surface area contributed by atoms with Crippen LogP contribution in [0.25, 0.3) is 0 Å². The zero-order valence-corrected chi connectivity index (χ0v) is 11.0. The molecule has 18 heavy (non-hydrogen) atoms. The molecule has 1 atom stereocenters. The highest BCUT2D eigenvalue weighted by atomic mass is 19.1. The number of hydrogen-bond acceptors (Lipinski definition) is 4. The van der Waals surface area contributed by atoms with Crippen LogP contribution in [0, 0.1) is 11.7 Å². The van der Waals surface area contributed by atoms with Crippen molar-refractivity contribution in [2.75, 3.05) is 19.5 Å². The van der Waals surface area contributed by atoms with Gasteiger partial charge in [-0.25, -0.2) is 9.18 Å². The molecule has 0 saturated carbocycles. The second kappa shape index (κ2) is 6.23. The summed E-state index contributed by atoms with van der Waals surface area (Å²) in [4.78, 5) is 11.6. The number of rotatable bonds is 5. The molecule has 4 nitrogen and oxygen atoms in total. The lowest BCUT2D eigenvalue weighted by molar-refractivity contribution is -0.142. The zero-order valence-electron chi connectivity index (χ0n) is 11.0. The molecular weight excluding hydrogens is 237 g/mol. The number of hydrogen-bond donors (Lipinski definition) is 1. The molecule has 1 aromatic carbocycles. The second-order valence-electron chi connectivity index (χ2n) is 4.23. The van der Waals surface area contributed by atoms with Gasteiger partial charge in [0, 0.05) is 6.07 Å². The van der Waals surface area contributed by atoms with Gasteiger partial charge in [0.1, 0.15) is 17.6 Å². The van der Waals surface area contributed by atoms with E-state index in [0.717, 1.165) is 0 Å². The molecular formula is C13H18FNO3.